The van der Waals surface area contributed by atoms with Crippen LogP contribution in [0.4, 0.5) is 5.69 Å². The van der Waals surface area contributed by atoms with Crippen LogP contribution in [0.25, 0.3) is 11.4 Å². The fourth-order valence-electron chi connectivity index (χ4n) is 4.55. The summed E-state index contributed by atoms with van der Waals surface area (Å²) in [5, 5.41) is 22.6. The lowest BCUT2D eigenvalue weighted by Gasteiger charge is -2.28. The van der Waals surface area contributed by atoms with Crippen molar-refractivity contribution in [3.8, 4) is 0 Å². The van der Waals surface area contributed by atoms with Crippen molar-refractivity contribution in [1.82, 2.24) is 19.2 Å². The Balaban J connectivity index is 1.88. The van der Waals surface area contributed by atoms with Crippen molar-refractivity contribution in [3.05, 3.63) is 81.3 Å². The molecular weight excluding hydrogens is 450 g/mol. The van der Waals surface area contributed by atoms with Gasteiger partial charge in [-0.2, -0.15) is 0 Å². The summed E-state index contributed by atoms with van der Waals surface area (Å²) >= 11 is 0. The van der Waals surface area contributed by atoms with Crippen molar-refractivity contribution in [1.29, 1.82) is 0 Å². The van der Waals surface area contributed by atoms with Gasteiger partial charge >= 0.3 is 0 Å². The number of aliphatic hydroxyl groups excluding tert-OH is 1. The van der Waals surface area contributed by atoms with Crippen LogP contribution in [0.2, 0.25) is 0 Å². The fourth-order valence-corrected chi connectivity index (χ4v) is 4.55. The number of pyridine rings is 1. The van der Waals surface area contributed by atoms with Crippen LogP contribution in [-0.4, -0.2) is 67.1 Å². The lowest BCUT2D eigenvalue weighted by atomic mass is 9.96. The molecule has 1 atom stereocenters. The number of rotatable bonds is 8. The SMILES string of the molecule is CCN(CC)CCN1C(=O)C(=O)C(=C(O)c2c(C)nc3ccccn23)[C@@H]1c1ccc([N+](=O)[O-])cc1. The topological polar surface area (TPSA) is 121 Å². The summed E-state index contributed by atoms with van der Waals surface area (Å²) in [6.07, 6.45) is 1.72. The molecule has 1 aliphatic heterocycles. The normalized spacial score (nSPS) is 17.6. The number of likely N-dealkylation sites (tertiary alicyclic amines) is 1. The molecule has 182 valence electrons. The number of amides is 1. The molecule has 1 N–H and O–H groups in total. The van der Waals surface area contributed by atoms with E-state index in [0.717, 1.165) is 13.1 Å². The standard InChI is InChI=1S/C25H27N5O5/c1-4-27(5-2)14-15-29-22(17-9-11-18(12-10-17)30(34)35)20(24(32)25(29)33)23(31)21-16(3)26-19-8-6-7-13-28(19)21/h6-13,22,31H,4-5,14-15H2,1-3H3/t22-/m0/s1. The Labute approximate surface area is 202 Å². The van der Waals surface area contributed by atoms with Gasteiger partial charge in [-0.1, -0.05) is 19.9 Å². The number of fused-ring (bicyclic) bond motifs is 1. The maximum atomic E-state index is 13.3. The zero-order chi connectivity index (χ0) is 25.3. The van der Waals surface area contributed by atoms with Crippen molar-refractivity contribution in [2.75, 3.05) is 26.2 Å². The van der Waals surface area contributed by atoms with Gasteiger partial charge in [0.25, 0.3) is 17.4 Å². The molecule has 0 saturated carbocycles. The van der Waals surface area contributed by atoms with Gasteiger partial charge in [-0.05, 0) is 49.8 Å². The van der Waals surface area contributed by atoms with E-state index in [1.54, 1.807) is 29.7 Å². The van der Waals surface area contributed by atoms with E-state index in [0.29, 0.717) is 29.1 Å². The molecule has 0 spiro atoms. The number of carbonyl (C=O) groups excluding carboxylic acids is 2. The van der Waals surface area contributed by atoms with Gasteiger partial charge in [-0.15, -0.1) is 0 Å². The van der Waals surface area contributed by atoms with E-state index < -0.39 is 22.7 Å². The lowest BCUT2D eigenvalue weighted by Crippen LogP contribution is -2.38. The van der Waals surface area contributed by atoms with Crippen LogP contribution in [0.3, 0.4) is 0 Å². The zero-order valence-electron chi connectivity index (χ0n) is 19.8. The molecule has 1 amide bonds. The predicted octanol–water partition coefficient (Wildman–Crippen LogP) is 3.31. The Hall–Kier alpha value is -4.05. The van der Waals surface area contributed by atoms with Gasteiger partial charge in [0.15, 0.2) is 5.76 Å². The van der Waals surface area contributed by atoms with E-state index >= 15 is 0 Å². The molecule has 10 heteroatoms. The van der Waals surface area contributed by atoms with Crippen LogP contribution < -0.4 is 0 Å². The van der Waals surface area contributed by atoms with Crippen molar-refractivity contribution in [2.24, 2.45) is 0 Å². The Kier molecular flexibility index (Phi) is 6.65. The molecular formula is C25H27N5O5. The number of aryl methyl sites for hydroxylation is 1. The summed E-state index contributed by atoms with van der Waals surface area (Å²) in [6, 6.07) is 10.2. The predicted molar refractivity (Wildman–Crippen MR) is 130 cm³/mol. The summed E-state index contributed by atoms with van der Waals surface area (Å²) < 4.78 is 1.67. The van der Waals surface area contributed by atoms with Gasteiger partial charge < -0.3 is 14.9 Å². The quantitative estimate of drug-likeness (QED) is 0.174. The number of hydrogen-bond donors (Lipinski definition) is 1. The number of likely N-dealkylation sites (N-methyl/N-ethyl adjacent to an activating group) is 1. The number of aromatic nitrogens is 2. The summed E-state index contributed by atoms with van der Waals surface area (Å²) in [5.41, 5.74) is 1.76. The molecule has 2 aromatic heterocycles. The largest absolute Gasteiger partial charge is 0.505 e. The third-order valence-corrected chi connectivity index (χ3v) is 6.44. The van der Waals surface area contributed by atoms with Gasteiger partial charge in [-0.3, -0.25) is 24.1 Å². The number of imidazole rings is 1. The molecule has 10 nitrogen and oxygen atoms in total. The van der Waals surface area contributed by atoms with Crippen LogP contribution in [0, 0.1) is 17.0 Å². The van der Waals surface area contributed by atoms with Gasteiger partial charge in [0.05, 0.1) is 22.2 Å². The number of carbonyl (C=O) groups is 2. The summed E-state index contributed by atoms with van der Waals surface area (Å²) in [6.45, 7) is 8.11. The van der Waals surface area contributed by atoms with E-state index in [2.05, 4.69) is 9.88 Å². The third-order valence-electron chi connectivity index (χ3n) is 6.44. The highest BCUT2D eigenvalue weighted by Gasteiger charge is 2.46. The van der Waals surface area contributed by atoms with Crippen molar-refractivity contribution in [3.63, 3.8) is 0 Å². The first-order valence-electron chi connectivity index (χ1n) is 11.5. The van der Waals surface area contributed by atoms with Crippen LogP contribution in [0.5, 0.6) is 0 Å². The first-order valence-corrected chi connectivity index (χ1v) is 11.5. The second-order valence-electron chi connectivity index (χ2n) is 8.34. The van der Waals surface area contributed by atoms with Crippen molar-refractivity contribution in [2.45, 2.75) is 26.8 Å². The van der Waals surface area contributed by atoms with E-state index in [-0.39, 0.29) is 23.6 Å². The Morgan fingerprint density at radius 3 is 2.46 bits per heavy atom. The summed E-state index contributed by atoms with van der Waals surface area (Å²) in [7, 11) is 0. The van der Waals surface area contributed by atoms with Gasteiger partial charge in [0, 0.05) is 31.4 Å². The smallest absolute Gasteiger partial charge is 0.295 e. The van der Waals surface area contributed by atoms with Crippen molar-refractivity contribution >= 4 is 28.8 Å². The number of nitro groups is 1. The molecule has 0 aliphatic carbocycles. The van der Waals surface area contributed by atoms with Gasteiger partial charge in [0.2, 0.25) is 0 Å². The van der Waals surface area contributed by atoms with Crippen molar-refractivity contribution < 1.29 is 19.6 Å². The summed E-state index contributed by atoms with van der Waals surface area (Å²) in [4.78, 5) is 45.1. The molecule has 0 unspecified atom stereocenters. The second-order valence-corrected chi connectivity index (χ2v) is 8.34. The Bertz CT molecular complexity index is 1320. The molecule has 1 aromatic carbocycles. The molecule has 1 aliphatic rings. The minimum Gasteiger partial charge on any atom is -0.505 e. The fraction of sp³-hybridized carbons (Fsp3) is 0.320. The number of benzene rings is 1. The number of aliphatic hydroxyl groups is 1. The molecule has 1 fully saturated rings. The maximum absolute atomic E-state index is 13.3. The molecule has 35 heavy (non-hydrogen) atoms. The number of non-ortho nitro benzene ring substituents is 1. The summed E-state index contributed by atoms with van der Waals surface area (Å²) in [5.74, 6) is -1.84. The molecule has 3 aromatic rings. The number of Topliss-reactive ketones (excluding diaryl/α,β-unsaturated/α-hetero) is 1. The van der Waals surface area contributed by atoms with E-state index in [1.165, 1.54) is 29.2 Å². The maximum Gasteiger partial charge on any atom is 0.295 e. The third kappa shape index (κ3) is 4.28. The molecule has 0 bridgehead atoms. The highest BCUT2D eigenvalue weighted by Crippen LogP contribution is 2.40. The monoisotopic (exact) mass is 477 g/mol. The Morgan fingerprint density at radius 2 is 1.83 bits per heavy atom. The average molecular weight is 478 g/mol. The lowest BCUT2D eigenvalue weighted by molar-refractivity contribution is -0.384. The first kappa shape index (κ1) is 24.1. The molecule has 0 radical (unpaired) electrons. The highest BCUT2D eigenvalue weighted by molar-refractivity contribution is 6.46. The van der Waals surface area contributed by atoms with E-state index in [4.69, 9.17) is 0 Å². The number of ketones is 1. The highest BCUT2D eigenvalue weighted by atomic mass is 16.6. The van der Waals surface area contributed by atoms with Crippen LogP contribution in [0.1, 0.15) is 36.8 Å². The van der Waals surface area contributed by atoms with E-state index in [1.807, 2.05) is 19.9 Å². The molecule has 3 heterocycles. The zero-order valence-corrected chi connectivity index (χ0v) is 19.8. The first-order chi connectivity index (χ1) is 16.8. The van der Waals surface area contributed by atoms with E-state index in [9.17, 15) is 24.8 Å². The Morgan fingerprint density at radius 1 is 1.14 bits per heavy atom. The average Bonchev–Trinajstić information content (AvgIpc) is 3.32. The molecule has 4 rings (SSSR count). The van der Waals surface area contributed by atoms with Gasteiger partial charge in [0.1, 0.15) is 11.3 Å². The number of hydrogen-bond acceptors (Lipinski definition) is 7. The van der Waals surface area contributed by atoms with Crippen LogP contribution in [-0.2, 0) is 9.59 Å². The number of nitro benzene ring substituents is 1. The van der Waals surface area contributed by atoms with Gasteiger partial charge in [-0.25, -0.2) is 4.98 Å². The van der Waals surface area contributed by atoms with Crippen LogP contribution >= 0.6 is 0 Å². The number of nitrogens with zero attached hydrogens (tertiary/aromatic N) is 5. The molecule has 1 saturated heterocycles. The van der Waals surface area contributed by atoms with Crippen LogP contribution in [0.15, 0.2) is 54.2 Å². The minimum atomic E-state index is -0.889. The second kappa shape index (κ2) is 9.67. The minimum absolute atomic E-state index is 0.0582.